The first-order valence-corrected chi connectivity index (χ1v) is 7.00. The van der Waals surface area contributed by atoms with E-state index in [0.29, 0.717) is 0 Å². The maximum atomic E-state index is 5.48. The van der Waals surface area contributed by atoms with Crippen LogP contribution in [0.1, 0.15) is 18.5 Å². The second-order valence-electron chi connectivity index (χ2n) is 4.17. The molecule has 0 bridgehead atoms. The van der Waals surface area contributed by atoms with Crippen LogP contribution in [0.5, 0.6) is 5.75 Å². The van der Waals surface area contributed by atoms with Gasteiger partial charge in [-0.3, -0.25) is 4.98 Å². The molecular formula is C15H18N2OS. The van der Waals surface area contributed by atoms with Gasteiger partial charge in [0, 0.05) is 33.8 Å². The van der Waals surface area contributed by atoms with Crippen LogP contribution in [0.25, 0.3) is 0 Å². The number of pyridine rings is 1. The average molecular weight is 274 g/mol. The summed E-state index contributed by atoms with van der Waals surface area (Å²) in [5.41, 5.74) is 1.19. The van der Waals surface area contributed by atoms with Crippen molar-refractivity contribution >= 4 is 11.8 Å². The quantitative estimate of drug-likeness (QED) is 0.904. The third-order valence-corrected chi connectivity index (χ3v) is 4.07. The highest BCUT2D eigenvalue weighted by Crippen LogP contribution is 2.37. The molecule has 0 aliphatic carbocycles. The van der Waals surface area contributed by atoms with Gasteiger partial charge >= 0.3 is 0 Å². The Balaban J connectivity index is 2.39. The van der Waals surface area contributed by atoms with Crippen LogP contribution in [0.3, 0.4) is 0 Å². The molecule has 0 aliphatic rings. The molecule has 2 aromatic rings. The molecule has 2 rings (SSSR count). The Morgan fingerprint density at radius 1 is 1.21 bits per heavy atom. The van der Waals surface area contributed by atoms with E-state index in [-0.39, 0.29) is 6.04 Å². The maximum absolute atomic E-state index is 5.48. The maximum Gasteiger partial charge on any atom is 0.124 e. The smallest absolute Gasteiger partial charge is 0.124 e. The van der Waals surface area contributed by atoms with Crippen LogP contribution in [0.15, 0.2) is 52.5 Å². The fraction of sp³-hybridized carbons (Fsp3) is 0.267. The largest absolute Gasteiger partial charge is 0.496 e. The van der Waals surface area contributed by atoms with Crippen LogP contribution in [-0.2, 0) is 0 Å². The molecule has 3 nitrogen and oxygen atoms in total. The van der Waals surface area contributed by atoms with Crippen molar-refractivity contribution in [2.45, 2.75) is 22.8 Å². The first kappa shape index (κ1) is 13.9. The van der Waals surface area contributed by atoms with Gasteiger partial charge in [-0.1, -0.05) is 17.8 Å². The van der Waals surface area contributed by atoms with Crippen LogP contribution in [0.4, 0.5) is 0 Å². The Morgan fingerprint density at radius 3 is 2.58 bits per heavy atom. The molecule has 19 heavy (non-hydrogen) atoms. The van der Waals surface area contributed by atoms with Gasteiger partial charge in [-0.05, 0) is 38.2 Å². The molecule has 1 unspecified atom stereocenters. The molecule has 0 amide bonds. The molecule has 1 aromatic carbocycles. The molecule has 1 heterocycles. The van der Waals surface area contributed by atoms with E-state index in [1.165, 1.54) is 15.4 Å². The lowest BCUT2D eigenvalue weighted by Gasteiger charge is -2.19. The first-order chi connectivity index (χ1) is 9.26. The van der Waals surface area contributed by atoms with Crippen molar-refractivity contribution in [1.29, 1.82) is 0 Å². The van der Waals surface area contributed by atoms with E-state index in [4.69, 9.17) is 4.74 Å². The molecule has 0 spiro atoms. The number of ether oxygens (including phenoxy) is 1. The molecule has 4 heteroatoms. The monoisotopic (exact) mass is 274 g/mol. The van der Waals surface area contributed by atoms with Crippen molar-refractivity contribution in [1.82, 2.24) is 10.3 Å². The standard InChI is InChI=1S/C15H18N2OS/c1-11(16-2)15-13(18-3)5-4-6-14(15)19-12-7-9-17-10-8-12/h4-11,16H,1-3H3. The van der Waals surface area contributed by atoms with Gasteiger partial charge in [0.05, 0.1) is 7.11 Å². The van der Waals surface area contributed by atoms with Crippen LogP contribution in [0, 0.1) is 0 Å². The Morgan fingerprint density at radius 2 is 1.95 bits per heavy atom. The minimum absolute atomic E-state index is 0.237. The van der Waals surface area contributed by atoms with Crippen molar-refractivity contribution in [3.05, 3.63) is 48.3 Å². The molecule has 1 N–H and O–H groups in total. The van der Waals surface area contributed by atoms with Gasteiger partial charge in [0.2, 0.25) is 0 Å². The molecule has 0 aliphatic heterocycles. The zero-order chi connectivity index (χ0) is 13.7. The predicted molar refractivity (Wildman–Crippen MR) is 78.8 cm³/mol. The third-order valence-electron chi connectivity index (χ3n) is 2.99. The Hall–Kier alpha value is -1.52. The van der Waals surface area contributed by atoms with Crippen LogP contribution >= 0.6 is 11.8 Å². The predicted octanol–water partition coefficient (Wildman–Crippen LogP) is 3.52. The van der Waals surface area contributed by atoms with Gasteiger partial charge in [-0.25, -0.2) is 0 Å². The van der Waals surface area contributed by atoms with E-state index in [9.17, 15) is 0 Å². The van der Waals surface area contributed by atoms with E-state index < -0.39 is 0 Å². The highest BCUT2D eigenvalue weighted by molar-refractivity contribution is 7.99. The summed E-state index contributed by atoms with van der Waals surface area (Å²) in [7, 11) is 3.67. The van der Waals surface area contributed by atoms with Crippen molar-refractivity contribution in [2.75, 3.05) is 14.2 Å². The lowest BCUT2D eigenvalue weighted by atomic mass is 10.1. The fourth-order valence-electron chi connectivity index (χ4n) is 1.90. The fourth-order valence-corrected chi connectivity index (χ4v) is 2.94. The van der Waals surface area contributed by atoms with Gasteiger partial charge in [0.1, 0.15) is 5.75 Å². The summed E-state index contributed by atoms with van der Waals surface area (Å²) < 4.78 is 5.48. The number of rotatable bonds is 5. The SMILES string of the molecule is CNC(C)c1c(OC)cccc1Sc1ccncc1. The Labute approximate surface area is 118 Å². The van der Waals surface area contributed by atoms with Gasteiger partial charge in [-0.2, -0.15) is 0 Å². The molecule has 0 fully saturated rings. The molecule has 100 valence electrons. The number of hydrogen-bond acceptors (Lipinski definition) is 4. The zero-order valence-corrected chi connectivity index (χ0v) is 12.2. The zero-order valence-electron chi connectivity index (χ0n) is 11.4. The van der Waals surface area contributed by atoms with Crippen molar-refractivity contribution in [3.8, 4) is 5.75 Å². The molecule has 0 saturated carbocycles. The third kappa shape index (κ3) is 3.28. The Kier molecular flexibility index (Phi) is 4.82. The molecule has 1 atom stereocenters. The van der Waals surface area contributed by atoms with E-state index in [1.807, 2.05) is 43.7 Å². The number of hydrogen-bond donors (Lipinski definition) is 1. The number of aromatic nitrogens is 1. The van der Waals surface area contributed by atoms with Gasteiger partial charge in [0.25, 0.3) is 0 Å². The van der Waals surface area contributed by atoms with Gasteiger partial charge in [0.15, 0.2) is 0 Å². The van der Waals surface area contributed by atoms with E-state index in [2.05, 4.69) is 23.3 Å². The average Bonchev–Trinajstić information content (AvgIpc) is 2.47. The van der Waals surface area contributed by atoms with E-state index in [0.717, 1.165) is 5.75 Å². The molecule has 0 radical (unpaired) electrons. The molecule has 1 aromatic heterocycles. The van der Waals surface area contributed by atoms with Crippen molar-refractivity contribution < 1.29 is 4.74 Å². The highest BCUT2D eigenvalue weighted by Gasteiger charge is 2.15. The topological polar surface area (TPSA) is 34.1 Å². The summed E-state index contributed by atoms with van der Waals surface area (Å²) >= 11 is 1.73. The minimum atomic E-state index is 0.237. The highest BCUT2D eigenvalue weighted by atomic mass is 32.2. The van der Waals surface area contributed by atoms with E-state index >= 15 is 0 Å². The van der Waals surface area contributed by atoms with Gasteiger partial charge in [-0.15, -0.1) is 0 Å². The second-order valence-corrected chi connectivity index (χ2v) is 5.28. The molecule has 0 saturated heterocycles. The van der Waals surface area contributed by atoms with Gasteiger partial charge < -0.3 is 10.1 Å². The number of nitrogens with zero attached hydrogens (tertiary/aromatic N) is 1. The van der Waals surface area contributed by atoms with E-state index in [1.54, 1.807) is 18.9 Å². The first-order valence-electron chi connectivity index (χ1n) is 6.18. The van der Waals surface area contributed by atoms with Crippen LogP contribution < -0.4 is 10.1 Å². The lowest BCUT2D eigenvalue weighted by molar-refractivity contribution is 0.401. The summed E-state index contributed by atoms with van der Waals surface area (Å²) in [6, 6.07) is 10.4. The lowest BCUT2D eigenvalue weighted by Crippen LogP contribution is -2.14. The second kappa shape index (κ2) is 6.59. The van der Waals surface area contributed by atoms with Crippen LogP contribution in [-0.4, -0.2) is 19.1 Å². The minimum Gasteiger partial charge on any atom is -0.496 e. The van der Waals surface area contributed by atoms with Crippen LogP contribution in [0.2, 0.25) is 0 Å². The van der Waals surface area contributed by atoms with Crippen molar-refractivity contribution in [2.24, 2.45) is 0 Å². The summed E-state index contributed by atoms with van der Waals surface area (Å²) in [6.45, 7) is 2.13. The summed E-state index contributed by atoms with van der Waals surface area (Å²) in [6.07, 6.45) is 3.62. The summed E-state index contributed by atoms with van der Waals surface area (Å²) in [5, 5.41) is 3.28. The summed E-state index contributed by atoms with van der Waals surface area (Å²) in [5.74, 6) is 0.918. The number of benzene rings is 1. The molecular weight excluding hydrogens is 256 g/mol. The number of methoxy groups -OCH3 is 1. The Bertz CT molecular complexity index is 531. The number of nitrogens with one attached hydrogen (secondary N) is 1. The normalized spacial score (nSPS) is 12.2. The summed E-state index contributed by atoms with van der Waals surface area (Å²) in [4.78, 5) is 6.42. The van der Waals surface area contributed by atoms with Crippen molar-refractivity contribution in [3.63, 3.8) is 0 Å².